The molecule has 5 nitrogen and oxygen atoms in total. The summed E-state index contributed by atoms with van der Waals surface area (Å²) in [5.41, 5.74) is 1.28. The predicted molar refractivity (Wildman–Crippen MR) is 130 cm³/mol. The number of rotatable bonds is 6. The molecule has 0 bridgehead atoms. The van der Waals surface area contributed by atoms with Gasteiger partial charge in [0, 0.05) is 43.2 Å². The van der Waals surface area contributed by atoms with E-state index in [0.717, 1.165) is 45.1 Å². The molecule has 0 aliphatic carbocycles. The van der Waals surface area contributed by atoms with Crippen LogP contribution in [0.2, 0.25) is 0 Å². The number of anilines is 1. The van der Waals surface area contributed by atoms with Crippen LogP contribution >= 0.6 is 39.9 Å². The van der Waals surface area contributed by atoms with E-state index in [0.29, 0.717) is 12.0 Å². The highest BCUT2D eigenvalue weighted by atomic mass is 127. The summed E-state index contributed by atoms with van der Waals surface area (Å²) in [5, 5.41) is 7.08. The molecule has 0 saturated carbocycles. The van der Waals surface area contributed by atoms with Gasteiger partial charge in [-0.1, -0.05) is 19.1 Å². The van der Waals surface area contributed by atoms with E-state index < -0.39 is 0 Å². The van der Waals surface area contributed by atoms with Crippen LogP contribution < -0.4 is 15.5 Å². The molecule has 0 amide bonds. The number of aliphatic imine (C=N–C) groups is 1. The molecule has 2 aliphatic rings. The normalized spacial score (nSPS) is 23.4. The van der Waals surface area contributed by atoms with Crippen LogP contribution in [0.1, 0.15) is 26.7 Å². The van der Waals surface area contributed by atoms with Crippen molar-refractivity contribution in [2.45, 2.75) is 32.7 Å². The number of para-hydroxylation sites is 1. The van der Waals surface area contributed by atoms with Crippen molar-refractivity contribution in [1.29, 1.82) is 0 Å². The molecule has 7 heteroatoms. The Morgan fingerprint density at radius 1 is 1.19 bits per heavy atom. The second-order valence-electron chi connectivity index (χ2n) is 7.29. The molecule has 152 valence electrons. The molecular weight excluding hydrogens is 517 g/mol. The SMILES string of the molecule is CCNC(=NCC1CCN(CC)C1)NC1CCN(c2ccccc2Br)C1.I. The Balaban J connectivity index is 0.00000261. The summed E-state index contributed by atoms with van der Waals surface area (Å²) >= 11 is 3.67. The van der Waals surface area contributed by atoms with Gasteiger partial charge in [0.05, 0.1) is 5.69 Å². The zero-order valence-corrected chi connectivity index (χ0v) is 20.4. The summed E-state index contributed by atoms with van der Waals surface area (Å²) in [6.07, 6.45) is 2.41. The Morgan fingerprint density at radius 3 is 2.70 bits per heavy atom. The highest BCUT2D eigenvalue weighted by Gasteiger charge is 2.25. The minimum absolute atomic E-state index is 0. The van der Waals surface area contributed by atoms with Gasteiger partial charge in [0.15, 0.2) is 5.96 Å². The number of guanidine groups is 1. The Bertz CT molecular complexity index is 612. The van der Waals surface area contributed by atoms with E-state index in [1.54, 1.807) is 0 Å². The second kappa shape index (κ2) is 11.5. The van der Waals surface area contributed by atoms with Gasteiger partial charge < -0.3 is 20.4 Å². The third kappa shape index (κ3) is 6.49. The lowest BCUT2D eigenvalue weighted by molar-refractivity contribution is 0.343. The molecule has 2 atom stereocenters. The van der Waals surface area contributed by atoms with Crippen molar-refractivity contribution >= 4 is 51.6 Å². The van der Waals surface area contributed by atoms with E-state index in [1.165, 1.54) is 29.7 Å². The van der Waals surface area contributed by atoms with E-state index in [-0.39, 0.29) is 24.0 Å². The van der Waals surface area contributed by atoms with E-state index >= 15 is 0 Å². The zero-order chi connectivity index (χ0) is 18.4. The molecule has 1 aromatic carbocycles. The smallest absolute Gasteiger partial charge is 0.191 e. The number of nitrogens with zero attached hydrogens (tertiary/aromatic N) is 3. The Hall–Kier alpha value is -0.540. The van der Waals surface area contributed by atoms with Crippen molar-refractivity contribution < 1.29 is 0 Å². The van der Waals surface area contributed by atoms with Gasteiger partial charge in [-0.15, -0.1) is 24.0 Å². The van der Waals surface area contributed by atoms with Crippen molar-refractivity contribution in [2.24, 2.45) is 10.9 Å². The fourth-order valence-corrected chi connectivity index (χ4v) is 4.42. The number of halogens is 2. The number of likely N-dealkylation sites (tertiary alicyclic amines) is 1. The summed E-state index contributed by atoms with van der Waals surface area (Å²) in [5.74, 6) is 1.67. The molecular formula is C20H33BrIN5. The van der Waals surface area contributed by atoms with E-state index in [9.17, 15) is 0 Å². The first-order valence-electron chi connectivity index (χ1n) is 9.96. The maximum absolute atomic E-state index is 4.88. The van der Waals surface area contributed by atoms with Crippen LogP contribution in [-0.4, -0.2) is 62.7 Å². The van der Waals surface area contributed by atoms with Crippen LogP contribution in [0.4, 0.5) is 5.69 Å². The molecule has 1 aromatic rings. The first kappa shape index (κ1) is 22.7. The van der Waals surface area contributed by atoms with Gasteiger partial charge in [-0.3, -0.25) is 4.99 Å². The maximum atomic E-state index is 4.88. The monoisotopic (exact) mass is 549 g/mol. The summed E-state index contributed by atoms with van der Waals surface area (Å²) < 4.78 is 1.17. The van der Waals surface area contributed by atoms with Crippen LogP contribution in [0, 0.1) is 5.92 Å². The molecule has 2 unspecified atom stereocenters. The maximum Gasteiger partial charge on any atom is 0.191 e. The fourth-order valence-electron chi connectivity index (χ4n) is 3.89. The average molecular weight is 550 g/mol. The summed E-state index contributed by atoms with van der Waals surface area (Å²) in [6, 6.07) is 8.91. The zero-order valence-electron chi connectivity index (χ0n) is 16.5. The highest BCUT2D eigenvalue weighted by Crippen LogP contribution is 2.28. The van der Waals surface area contributed by atoms with Crippen molar-refractivity contribution in [3.8, 4) is 0 Å². The molecule has 0 aromatic heterocycles. The molecule has 3 rings (SSSR count). The summed E-state index contributed by atoms with van der Waals surface area (Å²) in [4.78, 5) is 9.85. The minimum Gasteiger partial charge on any atom is -0.368 e. The minimum atomic E-state index is 0. The third-order valence-electron chi connectivity index (χ3n) is 5.39. The van der Waals surface area contributed by atoms with Crippen molar-refractivity contribution in [3.05, 3.63) is 28.7 Å². The largest absolute Gasteiger partial charge is 0.368 e. The van der Waals surface area contributed by atoms with Crippen LogP contribution in [0.5, 0.6) is 0 Å². The van der Waals surface area contributed by atoms with Crippen molar-refractivity contribution in [2.75, 3.05) is 50.7 Å². The Labute approximate surface area is 189 Å². The van der Waals surface area contributed by atoms with Gasteiger partial charge in [0.1, 0.15) is 0 Å². The van der Waals surface area contributed by atoms with Gasteiger partial charge in [-0.2, -0.15) is 0 Å². The first-order chi connectivity index (χ1) is 12.7. The number of nitrogens with one attached hydrogen (secondary N) is 2. The van der Waals surface area contributed by atoms with Crippen molar-refractivity contribution in [1.82, 2.24) is 15.5 Å². The second-order valence-corrected chi connectivity index (χ2v) is 8.15. The van der Waals surface area contributed by atoms with Gasteiger partial charge >= 0.3 is 0 Å². The molecule has 2 aliphatic heterocycles. The predicted octanol–water partition coefficient (Wildman–Crippen LogP) is 3.54. The van der Waals surface area contributed by atoms with Gasteiger partial charge in [0.2, 0.25) is 0 Å². The topological polar surface area (TPSA) is 42.9 Å². The number of benzene rings is 1. The lowest BCUT2D eigenvalue weighted by atomic mass is 10.1. The number of hydrogen-bond acceptors (Lipinski definition) is 3. The molecule has 27 heavy (non-hydrogen) atoms. The standard InChI is InChI=1S/C20H32BrN5.HI/c1-3-22-20(23-13-16-9-11-25(4-2)14-16)24-17-10-12-26(15-17)19-8-6-5-7-18(19)21;/h5-8,16-17H,3-4,9-15H2,1-2H3,(H2,22,23,24);1H. The Morgan fingerprint density at radius 2 is 2.00 bits per heavy atom. The van der Waals surface area contributed by atoms with Crippen LogP contribution in [-0.2, 0) is 0 Å². The van der Waals surface area contributed by atoms with Gasteiger partial charge in [-0.25, -0.2) is 0 Å². The van der Waals surface area contributed by atoms with Crippen molar-refractivity contribution in [3.63, 3.8) is 0 Å². The summed E-state index contributed by atoms with van der Waals surface area (Å²) in [6.45, 7) is 11.9. The summed E-state index contributed by atoms with van der Waals surface area (Å²) in [7, 11) is 0. The molecule has 2 fully saturated rings. The quantitative estimate of drug-likeness (QED) is 0.323. The van der Waals surface area contributed by atoms with Gasteiger partial charge in [-0.05, 0) is 66.8 Å². The van der Waals surface area contributed by atoms with Crippen LogP contribution in [0.15, 0.2) is 33.7 Å². The Kier molecular flexibility index (Phi) is 9.65. The van der Waals surface area contributed by atoms with E-state index in [4.69, 9.17) is 4.99 Å². The number of hydrogen-bond donors (Lipinski definition) is 2. The molecule has 2 N–H and O–H groups in total. The lowest BCUT2D eigenvalue weighted by Crippen LogP contribution is -2.45. The molecule has 2 saturated heterocycles. The lowest BCUT2D eigenvalue weighted by Gasteiger charge is -2.21. The van der Waals surface area contributed by atoms with E-state index in [2.05, 4.69) is 74.5 Å². The molecule has 0 spiro atoms. The average Bonchev–Trinajstić information content (AvgIpc) is 3.29. The van der Waals surface area contributed by atoms with E-state index in [1.807, 2.05) is 0 Å². The van der Waals surface area contributed by atoms with Crippen LogP contribution in [0.3, 0.4) is 0 Å². The first-order valence-corrected chi connectivity index (χ1v) is 10.8. The molecule has 2 heterocycles. The molecule has 0 radical (unpaired) electrons. The third-order valence-corrected chi connectivity index (χ3v) is 6.06. The van der Waals surface area contributed by atoms with Crippen LogP contribution in [0.25, 0.3) is 0 Å². The highest BCUT2D eigenvalue weighted by molar-refractivity contribution is 14.0. The van der Waals surface area contributed by atoms with Gasteiger partial charge in [0.25, 0.3) is 0 Å². The fraction of sp³-hybridized carbons (Fsp3) is 0.650.